The van der Waals surface area contributed by atoms with Crippen LogP contribution in [0, 0.1) is 0 Å². The number of pyridine rings is 2. The van der Waals surface area contributed by atoms with Crippen molar-refractivity contribution < 1.29 is 19.8 Å². The normalized spacial score (nSPS) is 20.8. The number of aliphatic carboxylic acids is 2. The molecule has 0 aliphatic carbocycles. The largest absolute Gasteiger partial charge is 0.480 e. The first kappa shape index (κ1) is 30.7. The lowest BCUT2D eigenvalue weighted by atomic mass is 10.0. The molecular weight excluding hydrogens is 550 g/mol. The number of rotatable bonds is 5. The van der Waals surface area contributed by atoms with Gasteiger partial charge in [-0.05, 0) is 35.7 Å². The highest BCUT2D eigenvalue weighted by molar-refractivity contribution is 5.69. The maximum atomic E-state index is 11.8. The minimum Gasteiger partial charge on any atom is -0.480 e. The Morgan fingerprint density at radius 3 is 1.88 bits per heavy atom. The summed E-state index contributed by atoms with van der Waals surface area (Å²) in [5.74, 6) is -1.41. The highest BCUT2D eigenvalue weighted by Gasteiger charge is 2.21. The molecule has 0 radical (unpaired) electrons. The molecule has 13 heteroatoms. The van der Waals surface area contributed by atoms with Crippen LogP contribution in [0.4, 0.5) is 0 Å². The van der Waals surface area contributed by atoms with Crippen molar-refractivity contribution in [2.75, 3.05) is 65.4 Å². The molecule has 230 valence electrons. The first-order valence-electron chi connectivity index (χ1n) is 14.9. The van der Waals surface area contributed by atoms with Crippen LogP contribution in [0.25, 0.3) is 11.4 Å². The van der Waals surface area contributed by atoms with Crippen molar-refractivity contribution in [2.24, 2.45) is 0 Å². The zero-order chi connectivity index (χ0) is 30.3. The Morgan fingerprint density at radius 2 is 1.33 bits per heavy atom. The topological polar surface area (TPSA) is 144 Å². The van der Waals surface area contributed by atoms with Crippen LogP contribution < -0.4 is 0 Å². The molecule has 2 N–H and O–H groups in total. The zero-order valence-electron chi connectivity index (χ0n) is 25.0. The fourth-order valence-corrected chi connectivity index (χ4v) is 5.66. The molecule has 6 rings (SSSR count). The van der Waals surface area contributed by atoms with E-state index in [0.29, 0.717) is 77.9 Å². The molecule has 0 unspecified atom stereocenters. The van der Waals surface area contributed by atoms with Crippen molar-refractivity contribution in [2.45, 2.75) is 39.4 Å². The summed E-state index contributed by atoms with van der Waals surface area (Å²) in [6.45, 7) is 10.6. The van der Waals surface area contributed by atoms with Gasteiger partial charge in [0.25, 0.3) is 0 Å². The van der Waals surface area contributed by atoms with Gasteiger partial charge >= 0.3 is 11.9 Å². The van der Waals surface area contributed by atoms with Gasteiger partial charge in [-0.15, -0.1) is 5.10 Å². The van der Waals surface area contributed by atoms with Gasteiger partial charge in [0, 0.05) is 65.4 Å². The standard InChI is InChI=1S/C30H41N9O4/c1-22(2)23-14-25-18-36-8-12-37(20-29(40)41)10-6-35(7-11-38(13-9-36)21-30(42)43)17-24-4-3-5-27(33-24)28-16-31-34-39(28)19-26(15-23)32-25/h3-5,14-16,22H,6-13,17-21H2,1-2H3,(H,40,41)(H,42,43). The van der Waals surface area contributed by atoms with Gasteiger partial charge < -0.3 is 10.2 Å². The molecule has 3 aliphatic rings. The molecule has 0 atom stereocenters. The van der Waals surface area contributed by atoms with E-state index >= 15 is 0 Å². The van der Waals surface area contributed by atoms with Crippen LogP contribution in [-0.2, 0) is 29.2 Å². The Labute approximate surface area is 251 Å². The number of hydrogen-bond donors (Lipinski definition) is 2. The lowest BCUT2D eigenvalue weighted by Crippen LogP contribution is -2.47. The summed E-state index contributed by atoms with van der Waals surface area (Å²) in [5.41, 5.74) is 5.38. The van der Waals surface area contributed by atoms with Crippen molar-refractivity contribution in [1.29, 1.82) is 0 Å². The predicted octanol–water partition coefficient (Wildman–Crippen LogP) is 1.31. The predicted molar refractivity (Wildman–Crippen MR) is 159 cm³/mol. The average Bonchev–Trinajstić information content (AvgIpc) is 3.41. The summed E-state index contributed by atoms with van der Waals surface area (Å²) in [7, 11) is 0. The first-order valence-corrected chi connectivity index (χ1v) is 14.9. The highest BCUT2D eigenvalue weighted by Crippen LogP contribution is 2.21. The summed E-state index contributed by atoms with van der Waals surface area (Å²) in [4.78, 5) is 42.0. The molecule has 0 aromatic carbocycles. The van der Waals surface area contributed by atoms with Gasteiger partial charge in [-0.3, -0.25) is 34.2 Å². The number of hydrogen-bond acceptors (Lipinski definition) is 10. The van der Waals surface area contributed by atoms with Gasteiger partial charge in [0.1, 0.15) is 5.69 Å². The van der Waals surface area contributed by atoms with Crippen molar-refractivity contribution in [3.8, 4) is 11.4 Å². The fraction of sp³-hybridized carbons (Fsp3) is 0.533. The highest BCUT2D eigenvalue weighted by atomic mass is 16.4. The summed E-state index contributed by atoms with van der Waals surface area (Å²) >= 11 is 0. The molecular formula is C30H41N9O4. The van der Waals surface area contributed by atoms with Crippen LogP contribution >= 0.6 is 0 Å². The molecule has 0 spiro atoms. The quantitative estimate of drug-likeness (QED) is 0.441. The van der Waals surface area contributed by atoms with E-state index in [0.717, 1.165) is 28.5 Å². The SMILES string of the molecule is CC(C)c1cc2nc(c1)Cn1nncc1-c1cccc(n1)CN1CCN(CC(=O)O)CCN(CCN(CC(=O)O)CC1)C2. The van der Waals surface area contributed by atoms with Gasteiger partial charge in [0.2, 0.25) is 0 Å². The number of fused-ring (bicyclic) bond motifs is 8. The zero-order valence-corrected chi connectivity index (χ0v) is 25.0. The van der Waals surface area contributed by atoms with Gasteiger partial charge in [-0.25, -0.2) is 9.67 Å². The van der Waals surface area contributed by atoms with Crippen LogP contribution in [0.15, 0.2) is 36.5 Å². The molecule has 6 heterocycles. The summed E-state index contributed by atoms with van der Waals surface area (Å²) in [6.07, 6.45) is 1.73. The molecule has 3 aromatic rings. The van der Waals surface area contributed by atoms with E-state index in [1.807, 2.05) is 32.7 Å². The van der Waals surface area contributed by atoms with E-state index in [1.54, 1.807) is 6.20 Å². The van der Waals surface area contributed by atoms with Gasteiger partial charge in [-0.1, -0.05) is 25.1 Å². The monoisotopic (exact) mass is 591 g/mol. The second kappa shape index (κ2) is 14.1. The minimum atomic E-state index is -0.851. The number of aromatic nitrogens is 5. The number of carboxylic acids is 2. The lowest BCUT2D eigenvalue weighted by Gasteiger charge is -2.33. The van der Waals surface area contributed by atoms with E-state index in [1.165, 1.54) is 5.56 Å². The maximum Gasteiger partial charge on any atom is 0.317 e. The second-order valence-corrected chi connectivity index (χ2v) is 11.7. The Bertz CT molecular complexity index is 1380. The van der Waals surface area contributed by atoms with E-state index in [4.69, 9.17) is 9.97 Å². The average molecular weight is 592 g/mol. The van der Waals surface area contributed by atoms with Crippen LogP contribution in [0.3, 0.4) is 0 Å². The smallest absolute Gasteiger partial charge is 0.317 e. The molecule has 1 saturated heterocycles. The van der Waals surface area contributed by atoms with Gasteiger partial charge in [0.05, 0.1) is 48.6 Å². The Balaban J connectivity index is 1.59. The third-order valence-electron chi connectivity index (χ3n) is 8.04. The molecule has 0 saturated carbocycles. The summed E-state index contributed by atoms with van der Waals surface area (Å²) in [5, 5.41) is 27.9. The summed E-state index contributed by atoms with van der Waals surface area (Å²) < 4.78 is 1.84. The van der Waals surface area contributed by atoms with E-state index in [9.17, 15) is 19.8 Å². The van der Waals surface area contributed by atoms with Crippen molar-refractivity contribution in [3.05, 3.63) is 59.2 Å². The molecule has 3 aromatic heterocycles. The molecule has 1 fully saturated rings. The van der Waals surface area contributed by atoms with Crippen LogP contribution in [0.5, 0.6) is 0 Å². The van der Waals surface area contributed by atoms with E-state index in [-0.39, 0.29) is 13.1 Å². The van der Waals surface area contributed by atoms with Gasteiger partial charge in [-0.2, -0.15) is 0 Å². The van der Waals surface area contributed by atoms with E-state index < -0.39 is 11.9 Å². The Hall–Kier alpha value is -3.78. The molecule has 13 nitrogen and oxygen atoms in total. The number of nitrogens with zero attached hydrogens (tertiary/aromatic N) is 9. The summed E-state index contributed by atoms with van der Waals surface area (Å²) in [6, 6.07) is 10.2. The minimum absolute atomic E-state index is 0.0389. The van der Waals surface area contributed by atoms with Gasteiger partial charge in [0.15, 0.2) is 0 Å². The molecule has 6 bridgehead atoms. The second-order valence-electron chi connectivity index (χ2n) is 11.7. The van der Waals surface area contributed by atoms with Crippen molar-refractivity contribution in [3.63, 3.8) is 0 Å². The van der Waals surface area contributed by atoms with Crippen molar-refractivity contribution >= 4 is 11.9 Å². The van der Waals surface area contributed by atoms with E-state index in [2.05, 4.69) is 46.1 Å². The third-order valence-corrected chi connectivity index (χ3v) is 8.04. The molecule has 3 aliphatic heterocycles. The Kier molecular flexibility index (Phi) is 10.1. The van der Waals surface area contributed by atoms with Crippen molar-refractivity contribution in [1.82, 2.24) is 44.6 Å². The third kappa shape index (κ3) is 8.63. The number of carboxylic acid groups (broad SMARTS) is 2. The number of carbonyl (C=O) groups is 2. The van der Waals surface area contributed by atoms with Crippen LogP contribution in [-0.4, -0.2) is 132 Å². The molecule has 0 amide bonds. The maximum absolute atomic E-state index is 11.8. The first-order chi connectivity index (χ1) is 20.7. The Morgan fingerprint density at radius 1 is 0.767 bits per heavy atom. The molecule has 43 heavy (non-hydrogen) atoms. The fourth-order valence-electron chi connectivity index (χ4n) is 5.66. The van der Waals surface area contributed by atoms with Crippen LogP contribution in [0.2, 0.25) is 0 Å². The lowest BCUT2D eigenvalue weighted by molar-refractivity contribution is -0.139. The van der Waals surface area contributed by atoms with Crippen LogP contribution in [0.1, 0.15) is 42.4 Å².